The Balaban J connectivity index is 1.44. The molecule has 0 unspecified atom stereocenters. The van der Waals surface area contributed by atoms with Crippen molar-refractivity contribution in [2.45, 2.75) is 25.8 Å². The van der Waals surface area contributed by atoms with Crippen LogP contribution in [0.15, 0.2) is 36.5 Å². The summed E-state index contributed by atoms with van der Waals surface area (Å²) in [5.74, 6) is 0.819. The second kappa shape index (κ2) is 7.50. The fraction of sp³-hybridized carbons (Fsp3) is 0.500. The van der Waals surface area contributed by atoms with Crippen LogP contribution in [0.25, 0.3) is 11.3 Å². The summed E-state index contributed by atoms with van der Waals surface area (Å²) in [5, 5.41) is 3.45. The topological polar surface area (TPSA) is 44.3 Å². The molecule has 0 spiro atoms. The maximum Gasteiger partial charge on any atom is 0.125 e. The molecule has 25 heavy (non-hydrogen) atoms. The largest absolute Gasteiger partial charge is 0.371 e. The van der Waals surface area contributed by atoms with Gasteiger partial charge in [-0.3, -0.25) is 4.90 Å². The summed E-state index contributed by atoms with van der Waals surface area (Å²) in [7, 11) is 0. The number of aryl methyl sites for hydroxylation is 1. The van der Waals surface area contributed by atoms with Crippen molar-refractivity contribution in [2.24, 2.45) is 0 Å². The minimum absolute atomic E-state index is 0.756. The number of anilines is 1. The molecule has 0 bridgehead atoms. The Kier molecular flexibility index (Phi) is 4.95. The van der Waals surface area contributed by atoms with Gasteiger partial charge in [0.2, 0.25) is 0 Å². The molecule has 5 heteroatoms. The van der Waals surface area contributed by atoms with Gasteiger partial charge in [0, 0.05) is 62.8 Å². The molecule has 0 radical (unpaired) electrons. The van der Waals surface area contributed by atoms with Gasteiger partial charge in [-0.1, -0.05) is 12.1 Å². The van der Waals surface area contributed by atoms with Gasteiger partial charge < -0.3 is 10.2 Å². The van der Waals surface area contributed by atoms with Gasteiger partial charge in [-0.2, -0.15) is 0 Å². The predicted molar refractivity (Wildman–Crippen MR) is 102 cm³/mol. The molecule has 2 fully saturated rings. The van der Waals surface area contributed by atoms with Gasteiger partial charge >= 0.3 is 0 Å². The first-order valence-electron chi connectivity index (χ1n) is 9.39. The molecule has 0 saturated carbocycles. The van der Waals surface area contributed by atoms with E-state index in [2.05, 4.69) is 49.4 Å². The third kappa shape index (κ3) is 3.83. The van der Waals surface area contributed by atoms with Crippen molar-refractivity contribution in [3.8, 4) is 11.3 Å². The number of nitrogens with one attached hydrogen (secondary N) is 1. The summed E-state index contributed by atoms with van der Waals surface area (Å²) in [6.07, 6.45) is 4.36. The van der Waals surface area contributed by atoms with E-state index in [4.69, 9.17) is 0 Å². The van der Waals surface area contributed by atoms with Crippen molar-refractivity contribution in [1.29, 1.82) is 0 Å². The van der Waals surface area contributed by atoms with Gasteiger partial charge in [-0.25, -0.2) is 9.97 Å². The van der Waals surface area contributed by atoms with Crippen LogP contribution in [0, 0.1) is 6.92 Å². The second-order valence-electron chi connectivity index (χ2n) is 7.04. The Labute approximate surface area is 150 Å². The molecular weight excluding hydrogens is 310 g/mol. The first-order chi connectivity index (χ1) is 12.3. The van der Waals surface area contributed by atoms with E-state index in [0.717, 1.165) is 43.7 Å². The second-order valence-corrected chi connectivity index (χ2v) is 7.04. The number of benzene rings is 1. The Morgan fingerprint density at radius 3 is 2.60 bits per heavy atom. The molecular formula is C20H27N5. The molecule has 0 aliphatic carbocycles. The normalized spacial score (nSPS) is 20.0. The zero-order valence-corrected chi connectivity index (χ0v) is 15.0. The van der Waals surface area contributed by atoms with Crippen LogP contribution < -0.4 is 10.2 Å². The van der Waals surface area contributed by atoms with E-state index in [0.29, 0.717) is 0 Å². The predicted octanol–water partition coefficient (Wildman–Crippen LogP) is 2.33. The van der Waals surface area contributed by atoms with E-state index in [1.54, 1.807) is 0 Å². The Hall–Kier alpha value is -1.98. The summed E-state index contributed by atoms with van der Waals surface area (Å²) in [5.41, 5.74) is 3.49. The number of piperazine rings is 1. The lowest BCUT2D eigenvalue weighted by Crippen LogP contribution is -2.52. The van der Waals surface area contributed by atoms with Crippen LogP contribution in [0.2, 0.25) is 0 Å². The molecule has 1 aromatic heterocycles. The molecule has 1 N–H and O–H groups in total. The van der Waals surface area contributed by atoms with Crippen molar-refractivity contribution in [3.63, 3.8) is 0 Å². The van der Waals surface area contributed by atoms with Crippen molar-refractivity contribution in [3.05, 3.63) is 42.4 Å². The van der Waals surface area contributed by atoms with Gasteiger partial charge in [0.15, 0.2) is 0 Å². The molecule has 132 valence electrons. The van der Waals surface area contributed by atoms with Gasteiger partial charge in [-0.05, 0) is 38.0 Å². The number of hydrogen-bond donors (Lipinski definition) is 1. The monoisotopic (exact) mass is 337 g/mol. The number of nitrogens with zero attached hydrogens (tertiary/aromatic N) is 4. The standard InChI is InChI=1S/C20H27N5/c1-16-22-8-5-20(23-16)17-3-2-4-19(15-17)24-11-6-18(7-12-24)25-13-9-21-10-14-25/h2-5,8,15,18,21H,6-7,9-14H2,1H3. The average Bonchev–Trinajstić information content (AvgIpc) is 2.69. The maximum atomic E-state index is 4.56. The molecule has 2 aromatic rings. The van der Waals surface area contributed by atoms with E-state index in [9.17, 15) is 0 Å². The maximum absolute atomic E-state index is 4.56. The van der Waals surface area contributed by atoms with Crippen LogP contribution in [-0.2, 0) is 0 Å². The Bertz CT molecular complexity index is 703. The zero-order valence-electron chi connectivity index (χ0n) is 15.0. The van der Waals surface area contributed by atoms with Gasteiger partial charge in [0.1, 0.15) is 5.82 Å². The molecule has 0 atom stereocenters. The lowest BCUT2D eigenvalue weighted by molar-refractivity contribution is 0.150. The molecule has 1 aromatic carbocycles. The lowest BCUT2D eigenvalue weighted by Gasteiger charge is -2.41. The van der Waals surface area contributed by atoms with E-state index in [1.807, 2.05) is 19.2 Å². The van der Waals surface area contributed by atoms with Gasteiger partial charge in [0.25, 0.3) is 0 Å². The molecule has 0 amide bonds. The highest BCUT2D eigenvalue weighted by Gasteiger charge is 2.25. The number of piperidine rings is 1. The fourth-order valence-corrected chi connectivity index (χ4v) is 4.02. The van der Waals surface area contributed by atoms with Crippen LogP contribution >= 0.6 is 0 Å². The molecule has 4 rings (SSSR count). The van der Waals surface area contributed by atoms with Crippen molar-refractivity contribution in [2.75, 3.05) is 44.2 Å². The highest BCUT2D eigenvalue weighted by atomic mass is 15.2. The van der Waals surface area contributed by atoms with Crippen LogP contribution in [0.1, 0.15) is 18.7 Å². The number of aromatic nitrogens is 2. The van der Waals surface area contributed by atoms with E-state index in [-0.39, 0.29) is 0 Å². The first kappa shape index (κ1) is 16.5. The minimum atomic E-state index is 0.756. The highest BCUT2D eigenvalue weighted by molar-refractivity contribution is 5.65. The molecule has 2 aliphatic rings. The average molecular weight is 337 g/mol. The van der Waals surface area contributed by atoms with E-state index in [1.165, 1.54) is 37.2 Å². The number of rotatable bonds is 3. The molecule has 5 nitrogen and oxygen atoms in total. The van der Waals surface area contributed by atoms with Crippen LogP contribution in [0.5, 0.6) is 0 Å². The minimum Gasteiger partial charge on any atom is -0.371 e. The zero-order chi connectivity index (χ0) is 17.1. The van der Waals surface area contributed by atoms with Gasteiger partial charge in [-0.15, -0.1) is 0 Å². The summed E-state index contributed by atoms with van der Waals surface area (Å²) >= 11 is 0. The first-order valence-corrected chi connectivity index (χ1v) is 9.39. The summed E-state index contributed by atoms with van der Waals surface area (Å²) in [6, 6.07) is 11.5. The van der Waals surface area contributed by atoms with Gasteiger partial charge in [0.05, 0.1) is 5.69 Å². The summed E-state index contributed by atoms with van der Waals surface area (Å²) < 4.78 is 0. The van der Waals surface area contributed by atoms with Crippen LogP contribution in [0.4, 0.5) is 5.69 Å². The third-order valence-corrected chi connectivity index (χ3v) is 5.42. The highest BCUT2D eigenvalue weighted by Crippen LogP contribution is 2.27. The fourth-order valence-electron chi connectivity index (χ4n) is 4.02. The van der Waals surface area contributed by atoms with E-state index >= 15 is 0 Å². The molecule has 2 aliphatic heterocycles. The summed E-state index contributed by atoms with van der Waals surface area (Å²) in [4.78, 5) is 14.0. The summed E-state index contributed by atoms with van der Waals surface area (Å²) in [6.45, 7) is 8.90. The quantitative estimate of drug-likeness (QED) is 0.931. The van der Waals surface area contributed by atoms with Crippen molar-refractivity contribution < 1.29 is 0 Å². The van der Waals surface area contributed by atoms with Crippen molar-refractivity contribution in [1.82, 2.24) is 20.2 Å². The smallest absolute Gasteiger partial charge is 0.125 e. The Morgan fingerprint density at radius 2 is 1.84 bits per heavy atom. The molecule has 2 saturated heterocycles. The van der Waals surface area contributed by atoms with Crippen LogP contribution in [-0.4, -0.2) is 60.2 Å². The number of hydrogen-bond acceptors (Lipinski definition) is 5. The van der Waals surface area contributed by atoms with E-state index < -0.39 is 0 Å². The lowest BCUT2D eigenvalue weighted by atomic mass is 10.0. The molecule has 3 heterocycles. The Morgan fingerprint density at radius 1 is 1.04 bits per heavy atom. The third-order valence-electron chi connectivity index (χ3n) is 5.42. The SMILES string of the molecule is Cc1nccc(-c2cccc(N3CCC(N4CCNCC4)CC3)c2)n1. The van der Waals surface area contributed by atoms with Crippen molar-refractivity contribution >= 4 is 5.69 Å². The van der Waals surface area contributed by atoms with Crippen LogP contribution in [0.3, 0.4) is 0 Å².